The van der Waals surface area contributed by atoms with Crippen molar-refractivity contribution in [1.82, 2.24) is 0 Å². The van der Waals surface area contributed by atoms with Crippen LogP contribution in [0.4, 0.5) is 5.69 Å². The van der Waals surface area contributed by atoms with Crippen molar-refractivity contribution in [1.29, 1.82) is 0 Å². The number of anilines is 1. The average Bonchev–Trinajstić information content (AvgIpc) is 2.90. The Morgan fingerprint density at radius 2 is 2.31 bits per heavy atom. The molecule has 0 radical (unpaired) electrons. The third-order valence-corrected chi connectivity index (χ3v) is 4.75. The zero-order valence-electron chi connectivity index (χ0n) is 8.60. The van der Waals surface area contributed by atoms with Gasteiger partial charge in [-0.15, -0.1) is 11.3 Å². The minimum absolute atomic E-state index is 0.553. The Balaban J connectivity index is 1.89. The predicted molar refractivity (Wildman–Crippen MR) is 68.5 cm³/mol. The maximum absolute atomic E-state index is 11.7. The van der Waals surface area contributed by atoms with Crippen LogP contribution in [0.3, 0.4) is 0 Å². The summed E-state index contributed by atoms with van der Waals surface area (Å²) in [6.45, 7) is 0. The summed E-state index contributed by atoms with van der Waals surface area (Å²) in [5, 5.41) is 5.22. The highest BCUT2D eigenvalue weighted by Gasteiger charge is 2.23. The van der Waals surface area contributed by atoms with Crippen LogP contribution in [0.1, 0.15) is 10.4 Å². The van der Waals surface area contributed by atoms with E-state index in [4.69, 9.17) is 0 Å². The van der Waals surface area contributed by atoms with E-state index in [-0.39, 0.29) is 0 Å². The van der Waals surface area contributed by atoms with Gasteiger partial charge in [-0.3, -0.25) is 0 Å². The van der Waals surface area contributed by atoms with Crippen LogP contribution < -0.4 is 5.32 Å². The van der Waals surface area contributed by atoms with Gasteiger partial charge in [-0.05, 0) is 29.1 Å². The van der Waals surface area contributed by atoms with E-state index in [1.807, 2.05) is 6.07 Å². The molecule has 82 valence electrons. The summed E-state index contributed by atoms with van der Waals surface area (Å²) in [6, 6.07) is 10.4. The van der Waals surface area contributed by atoms with Gasteiger partial charge in [-0.25, -0.2) is 0 Å². The van der Waals surface area contributed by atoms with Crippen LogP contribution in [0, 0.1) is 0 Å². The van der Waals surface area contributed by atoms with Crippen molar-refractivity contribution in [3.8, 4) is 0 Å². The molecule has 0 amide bonds. The lowest BCUT2D eigenvalue weighted by Gasteiger charge is -2.03. The third kappa shape index (κ3) is 1.84. The van der Waals surface area contributed by atoms with Crippen molar-refractivity contribution < 1.29 is 4.55 Å². The smallest absolute Gasteiger partial charge is 0.181 e. The molecule has 1 aromatic carbocycles. The van der Waals surface area contributed by atoms with E-state index in [2.05, 4.69) is 35.0 Å². The summed E-state index contributed by atoms with van der Waals surface area (Å²) in [4.78, 5) is 2.30. The van der Waals surface area contributed by atoms with Crippen LogP contribution in [-0.2, 0) is 17.6 Å². The second kappa shape index (κ2) is 4.13. The Hall–Kier alpha value is -0.970. The average molecular weight is 249 g/mol. The van der Waals surface area contributed by atoms with Crippen molar-refractivity contribution in [2.24, 2.45) is 0 Å². The van der Waals surface area contributed by atoms with E-state index in [9.17, 15) is 4.55 Å². The highest BCUT2D eigenvalue weighted by molar-refractivity contribution is 7.92. The molecule has 2 aromatic rings. The second-order valence-corrected chi connectivity index (χ2v) is 6.21. The topological polar surface area (TPSA) is 35.1 Å². The fraction of sp³-hybridized carbons (Fsp3) is 0.167. The minimum atomic E-state index is -0.864. The first kappa shape index (κ1) is 10.2. The van der Waals surface area contributed by atoms with E-state index >= 15 is 0 Å². The monoisotopic (exact) mass is 249 g/mol. The molecule has 2 heterocycles. The number of hydrogen-bond acceptors (Lipinski definition) is 3. The Morgan fingerprint density at radius 3 is 3.12 bits per heavy atom. The Kier molecular flexibility index (Phi) is 2.63. The van der Waals surface area contributed by atoms with Crippen LogP contribution in [0.15, 0.2) is 40.6 Å². The second-order valence-electron chi connectivity index (χ2n) is 3.75. The first-order valence-corrected chi connectivity index (χ1v) is 7.30. The quantitative estimate of drug-likeness (QED) is 0.831. The lowest BCUT2D eigenvalue weighted by molar-refractivity contribution is 0.600. The molecule has 1 N–H and O–H groups in total. The van der Waals surface area contributed by atoms with Crippen molar-refractivity contribution in [2.75, 3.05) is 11.2 Å². The summed E-state index contributed by atoms with van der Waals surface area (Å²) in [6.07, 6.45) is 0.933. The zero-order chi connectivity index (χ0) is 11.0. The molecule has 1 aromatic heterocycles. The van der Waals surface area contributed by atoms with Crippen LogP contribution in [0.5, 0.6) is 0 Å². The van der Waals surface area contributed by atoms with Gasteiger partial charge in [0, 0.05) is 22.5 Å². The molecule has 1 unspecified atom stereocenters. The summed E-state index contributed by atoms with van der Waals surface area (Å²) in [5.74, 6) is 0.553. The highest BCUT2D eigenvalue weighted by atomic mass is 32.2. The predicted octanol–water partition coefficient (Wildman–Crippen LogP) is 2.83. The molecule has 0 saturated carbocycles. The number of nitrogens with one attached hydrogen (secondary N) is 1. The molecule has 0 fully saturated rings. The largest absolute Gasteiger partial charge is 0.610 e. The van der Waals surface area contributed by atoms with Gasteiger partial charge in [0.15, 0.2) is 10.8 Å². The number of rotatable bonds is 2. The van der Waals surface area contributed by atoms with Crippen LogP contribution >= 0.6 is 11.3 Å². The first-order valence-electron chi connectivity index (χ1n) is 5.10. The van der Waals surface area contributed by atoms with Gasteiger partial charge in [-0.2, -0.15) is 0 Å². The Bertz CT molecular complexity index is 496. The molecular formula is C12H11NOS2. The van der Waals surface area contributed by atoms with Crippen LogP contribution in [-0.4, -0.2) is 10.4 Å². The van der Waals surface area contributed by atoms with E-state index in [1.165, 1.54) is 10.4 Å². The Morgan fingerprint density at radius 1 is 1.38 bits per heavy atom. The van der Waals surface area contributed by atoms with Gasteiger partial charge >= 0.3 is 0 Å². The highest BCUT2D eigenvalue weighted by Crippen LogP contribution is 2.30. The maximum Gasteiger partial charge on any atom is 0.181 e. The molecular weight excluding hydrogens is 238 g/mol. The number of benzene rings is 1. The molecule has 16 heavy (non-hydrogen) atoms. The number of hydrogen-bond donors (Lipinski definition) is 1. The molecule has 0 bridgehead atoms. The van der Waals surface area contributed by atoms with Gasteiger partial charge in [0.2, 0.25) is 0 Å². The van der Waals surface area contributed by atoms with E-state index in [0.717, 1.165) is 17.0 Å². The normalized spacial score (nSPS) is 18.2. The third-order valence-electron chi connectivity index (χ3n) is 2.64. The molecule has 1 aliphatic heterocycles. The van der Waals surface area contributed by atoms with E-state index in [0.29, 0.717) is 5.88 Å². The molecule has 1 atom stereocenters. The minimum Gasteiger partial charge on any atom is -0.610 e. The van der Waals surface area contributed by atoms with Gasteiger partial charge in [-0.1, -0.05) is 12.1 Å². The van der Waals surface area contributed by atoms with E-state index < -0.39 is 11.2 Å². The summed E-state index contributed by atoms with van der Waals surface area (Å²) < 4.78 is 11.7. The van der Waals surface area contributed by atoms with Gasteiger partial charge < -0.3 is 9.87 Å². The standard InChI is InChI=1S/C12H11NOS2/c14-16-8-13-11-4-3-9(7-12(11)16)6-10-2-1-5-15-10/h1-5,7,13H,6,8H2. The summed E-state index contributed by atoms with van der Waals surface area (Å²) >= 11 is 0.896. The first-order chi connectivity index (χ1) is 7.83. The SMILES string of the molecule is [O-][S+]1CNc2ccc(Cc3cccs3)cc21. The Labute approximate surface area is 101 Å². The molecule has 0 spiro atoms. The summed E-state index contributed by atoms with van der Waals surface area (Å²) in [7, 11) is 0. The van der Waals surface area contributed by atoms with Gasteiger partial charge in [0.25, 0.3) is 0 Å². The molecule has 2 nitrogen and oxygen atoms in total. The fourth-order valence-electron chi connectivity index (χ4n) is 1.85. The number of fused-ring (bicyclic) bond motifs is 1. The van der Waals surface area contributed by atoms with Crippen molar-refractivity contribution in [3.63, 3.8) is 0 Å². The van der Waals surface area contributed by atoms with Gasteiger partial charge in [0.1, 0.15) is 0 Å². The van der Waals surface area contributed by atoms with Gasteiger partial charge in [0.05, 0.1) is 5.69 Å². The van der Waals surface area contributed by atoms with Crippen LogP contribution in [0.2, 0.25) is 0 Å². The lowest BCUT2D eigenvalue weighted by atomic mass is 10.1. The molecule has 0 aliphatic carbocycles. The molecule has 3 rings (SSSR count). The zero-order valence-corrected chi connectivity index (χ0v) is 10.2. The summed E-state index contributed by atoms with van der Waals surface area (Å²) in [5.41, 5.74) is 2.26. The van der Waals surface area contributed by atoms with Crippen LogP contribution in [0.25, 0.3) is 0 Å². The van der Waals surface area contributed by atoms with Crippen molar-refractivity contribution in [2.45, 2.75) is 11.3 Å². The van der Waals surface area contributed by atoms with Crippen molar-refractivity contribution in [3.05, 3.63) is 46.2 Å². The lowest BCUT2D eigenvalue weighted by Crippen LogP contribution is -2.03. The molecule has 1 aliphatic rings. The van der Waals surface area contributed by atoms with E-state index in [1.54, 1.807) is 11.3 Å². The number of thiophene rings is 1. The molecule has 4 heteroatoms. The molecule has 0 saturated heterocycles. The fourth-order valence-corrected chi connectivity index (χ4v) is 3.70. The van der Waals surface area contributed by atoms with Crippen molar-refractivity contribution >= 4 is 28.2 Å². The maximum atomic E-state index is 11.7.